The smallest absolute Gasteiger partial charge is 0.311 e. The van der Waals surface area contributed by atoms with E-state index in [9.17, 15) is 9.90 Å². The lowest BCUT2D eigenvalue weighted by molar-refractivity contribution is -0.204. The van der Waals surface area contributed by atoms with E-state index in [1.165, 1.54) is 0 Å². The van der Waals surface area contributed by atoms with Gasteiger partial charge in [0.05, 0.1) is 5.92 Å². The van der Waals surface area contributed by atoms with E-state index in [0.717, 1.165) is 12.8 Å². The predicted molar refractivity (Wildman–Crippen MR) is 46.6 cm³/mol. The number of esters is 1. The van der Waals surface area contributed by atoms with Crippen LogP contribution in [0.1, 0.15) is 26.7 Å². The summed E-state index contributed by atoms with van der Waals surface area (Å²) in [7, 11) is 0. The first-order valence-corrected chi connectivity index (χ1v) is 5.00. The molecule has 0 aromatic carbocycles. The maximum absolute atomic E-state index is 11.5. The first-order chi connectivity index (χ1) is 6.11. The van der Waals surface area contributed by atoms with Gasteiger partial charge in [-0.2, -0.15) is 0 Å². The van der Waals surface area contributed by atoms with Crippen molar-refractivity contribution in [2.45, 2.75) is 33.0 Å². The van der Waals surface area contributed by atoms with Crippen molar-refractivity contribution in [1.82, 2.24) is 0 Å². The van der Waals surface area contributed by atoms with Crippen molar-refractivity contribution in [3.05, 3.63) is 0 Å². The molecule has 1 saturated heterocycles. The Morgan fingerprint density at radius 3 is 2.77 bits per heavy atom. The molecule has 0 bridgehead atoms. The first kappa shape index (κ1) is 9.00. The molecule has 0 amide bonds. The Morgan fingerprint density at radius 1 is 1.38 bits per heavy atom. The minimum atomic E-state index is -0.876. The Labute approximate surface area is 78.1 Å². The number of aliphatic hydroxyl groups is 1. The third kappa shape index (κ3) is 1.26. The summed E-state index contributed by atoms with van der Waals surface area (Å²) < 4.78 is 4.90. The molecule has 13 heavy (non-hydrogen) atoms. The molecule has 3 nitrogen and oxygen atoms in total. The van der Waals surface area contributed by atoms with E-state index >= 15 is 0 Å². The first-order valence-electron chi connectivity index (χ1n) is 5.00. The van der Waals surface area contributed by atoms with Crippen LogP contribution < -0.4 is 0 Å². The second-order valence-corrected chi connectivity index (χ2v) is 4.43. The van der Waals surface area contributed by atoms with E-state index in [-0.39, 0.29) is 17.8 Å². The molecule has 0 radical (unpaired) electrons. The highest BCUT2D eigenvalue weighted by atomic mass is 16.6. The molecule has 3 heteroatoms. The molecule has 0 spiro atoms. The lowest BCUT2D eigenvalue weighted by Crippen LogP contribution is -2.43. The summed E-state index contributed by atoms with van der Waals surface area (Å²) in [6, 6.07) is 0. The molecule has 1 saturated carbocycles. The lowest BCUT2D eigenvalue weighted by Gasteiger charge is -2.35. The molecule has 1 aliphatic heterocycles. The van der Waals surface area contributed by atoms with Gasteiger partial charge in [0, 0.05) is 5.92 Å². The number of hydrogen-bond acceptors (Lipinski definition) is 3. The van der Waals surface area contributed by atoms with Gasteiger partial charge in [-0.15, -0.1) is 0 Å². The number of aliphatic hydroxyl groups excluding tert-OH is 1. The Bertz CT molecular complexity index is 226. The maximum Gasteiger partial charge on any atom is 0.311 e. The second kappa shape index (κ2) is 2.98. The van der Waals surface area contributed by atoms with Crippen LogP contribution in [0.25, 0.3) is 0 Å². The SMILES string of the molecule is C[C@@H]1[C@H]2CC[C@H](C)[C@@H]2C(=O)O[C@H]1O. The van der Waals surface area contributed by atoms with Crippen molar-refractivity contribution in [3.8, 4) is 0 Å². The van der Waals surface area contributed by atoms with E-state index in [1.54, 1.807) is 0 Å². The largest absolute Gasteiger partial charge is 0.435 e. The van der Waals surface area contributed by atoms with Gasteiger partial charge in [0.25, 0.3) is 0 Å². The van der Waals surface area contributed by atoms with E-state index < -0.39 is 6.29 Å². The molecule has 0 aromatic heterocycles. The van der Waals surface area contributed by atoms with Gasteiger partial charge in [0.2, 0.25) is 6.29 Å². The van der Waals surface area contributed by atoms with E-state index in [1.807, 2.05) is 6.92 Å². The normalized spacial score (nSPS) is 50.1. The quantitative estimate of drug-likeness (QED) is 0.575. The second-order valence-electron chi connectivity index (χ2n) is 4.43. The molecule has 1 heterocycles. The zero-order valence-electron chi connectivity index (χ0n) is 8.06. The lowest BCUT2D eigenvalue weighted by atomic mass is 9.80. The van der Waals surface area contributed by atoms with Crippen LogP contribution in [0.15, 0.2) is 0 Å². The standard InChI is InChI=1S/C10H16O3/c1-5-3-4-7-6(2)9(11)13-10(12)8(5)7/h5-9,11H,3-4H2,1-2H3/t5-,6+,7+,8-,9+/m0/s1. The van der Waals surface area contributed by atoms with Crippen LogP contribution in [0.5, 0.6) is 0 Å². The predicted octanol–water partition coefficient (Wildman–Crippen LogP) is 1.16. The maximum atomic E-state index is 11.5. The van der Waals surface area contributed by atoms with Crippen molar-refractivity contribution in [2.24, 2.45) is 23.7 Å². The third-order valence-electron chi connectivity index (χ3n) is 3.66. The van der Waals surface area contributed by atoms with E-state index in [4.69, 9.17) is 4.74 Å². The molecule has 1 aliphatic carbocycles. The van der Waals surface area contributed by atoms with Gasteiger partial charge in [-0.05, 0) is 24.7 Å². The minimum Gasteiger partial charge on any atom is -0.435 e. The van der Waals surface area contributed by atoms with Crippen LogP contribution in [0.3, 0.4) is 0 Å². The number of rotatable bonds is 0. The van der Waals surface area contributed by atoms with E-state index in [2.05, 4.69) is 6.92 Å². The van der Waals surface area contributed by atoms with Crippen LogP contribution >= 0.6 is 0 Å². The zero-order chi connectivity index (χ0) is 9.59. The number of carbonyl (C=O) groups is 1. The third-order valence-corrected chi connectivity index (χ3v) is 3.66. The molecule has 5 atom stereocenters. The summed E-state index contributed by atoms with van der Waals surface area (Å²) in [6.45, 7) is 4.06. The fraction of sp³-hybridized carbons (Fsp3) is 0.900. The van der Waals surface area contributed by atoms with Gasteiger partial charge >= 0.3 is 5.97 Å². The van der Waals surface area contributed by atoms with Crippen LogP contribution in [0.2, 0.25) is 0 Å². The minimum absolute atomic E-state index is 0.0402. The number of ether oxygens (including phenoxy) is 1. The molecular formula is C10H16O3. The molecule has 0 aromatic rings. The summed E-state index contributed by atoms with van der Waals surface area (Å²) in [5.74, 6) is 0.713. The van der Waals surface area contributed by atoms with Crippen molar-refractivity contribution in [2.75, 3.05) is 0 Å². The summed E-state index contributed by atoms with van der Waals surface area (Å²) in [6.07, 6.45) is 1.26. The zero-order valence-corrected chi connectivity index (χ0v) is 8.06. The molecule has 2 aliphatic rings. The number of cyclic esters (lactones) is 1. The monoisotopic (exact) mass is 184 g/mol. The molecule has 74 valence electrons. The molecule has 2 fully saturated rings. The fourth-order valence-corrected chi connectivity index (χ4v) is 2.75. The molecule has 2 rings (SSSR count). The Hall–Kier alpha value is -0.570. The highest BCUT2D eigenvalue weighted by molar-refractivity contribution is 5.74. The average molecular weight is 184 g/mol. The highest BCUT2D eigenvalue weighted by Crippen LogP contribution is 2.45. The average Bonchev–Trinajstić information content (AvgIpc) is 2.44. The number of hydrogen-bond donors (Lipinski definition) is 1. The van der Waals surface area contributed by atoms with Gasteiger partial charge in [0.1, 0.15) is 0 Å². The summed E-state index contributed by atoms with van der Waals surface area (Å²) >= 11 is 0. The van der Waals surface area contributed by atoms with Crippen molar-refractivity contribution < 1.29 is 14.6 Å². The van der Waals surface area contributed by atoms with Gasteiger partial charge in [-0.25, -0.2) is 0 Å². The highest BCUT2D eigenvalue weighted by Gasteiger charge is 2.48. The Kier molecular flexibility index (Phi) is 2.06. The van der Waals surface area contributed by atoms with Crippen molar-refractivity contribution in [1.29, 1.82) is 0 Å². The summed E-state index contributed by atoms with van der Waals surface area (Å²) in [5, 5.41) is 9.44. The van der Waals surface area contributed by atoms with Crippen LogP contribution in [0.4, 0.5) is 0 Å². The number of fused-ring (bicyclic) bond motifs is 1. The van der Waals surface area contributed by atoms with Crippen molar-refractivity contribution in [3.63, 3.8) is 0 Å². The fourth-order valence-electron chi connectivity index (χ4n) is 2.75. The van der Waals surface area contributed by atoms with Gasteiger partial charge < -0.3 is 9.84 Å². The molecule has 1 N–H and O–H groups in total. The van der Waals surface area contributed by atoms with Crippen LogP contribution in [0, 0.1) is 23.7 Å². The topological polar surface area (TPSA) is 46.5 Å². The van der Waals surface area contributed by atoms with E-state index in [0.29, 0.717) is 11.8 Å². The summed E-state index contributed by atoms with van der Waals surface area (Å²) in [5.41, 5.74) is 0. The number of carbonyl (C=O) groups excluding carboxylic acids is 1. The van der Waals surface area contributed by atoms with Gasteiger partial charge in [0.15, 0.2) is 0 Å². The Balaban J connectivity index is 2.21. The molecular weight excluding hydrogens is 168 g/mol. The van der Waals surface area contributed by atoms with Gasteiger partial charge in [-0.3, -0.25) is 4.79 Å². The molecule has 0 unspecified atom stereocenters. The van der Waals surface area contributed by atoms with Crippen molar-refractivity contribution >= 4 is 5.97 Å². The Morgan fingerprint density at radius 2 is 2.08 bits per heavy atom. The summed E-state index contributed by atoms with van der Waals surface area (Å²) in [4.78, 5) is 11.5. The van der Waals surface area contributed by atoms with Crippen LogP contribution in [-0.4, -0.2) is 17.4 Å². The van der Waals surface area contributed by atoms with Gasteiger partial charge in [-0.1, -0.05) is 13.8 Å². The van der Waals surface area contributed by atoms with Crippen LogP contribution in [-0.2, 0) is 9.53 Å².